The van der Waals surface area contributed by atoms with Crippen LogP contribution in [0, 0.1) is 5.95 Å². The quantitative estimate of drug-likeness (QED) is 0.771. The zero-order chi connectivity index (χ0) is 13.3. The number of anilines is 1. The maximum Gasteiger partial charge on any atom is 0.239 e. The van der Waals surface area contributed by atoms with Gasteiger partial charge >= 0.3 is 0 Å². The van der Waals surface area contributed by atoms with E-state index in [-0.39, 0.29) is 10.7 Å². The second-order valence-electron chi connectivity index (χ2n) is 3.56. The minimum atomic E-state index is -3.86. The molecule has 2 aromatic heterocycles. The number of sulfonamides is 1. The highest BCUT2D eigenvalue weighted by molar-refractivity contribution is 7.89. The number of primary sulfonamides is 1. The highest BCUT2D eigenvalue weighted by atomic mass is 32.2. The fourth-order valence-corrected chi connectivity index (χ4v) is 1.92. The number of hydrogen-bond donors (Lipinski definition) is 2. The maximum atomic E-state index is 13.1. The van der Waals surface area contributed by atoms with Crippen molar-refractivity contribution in [1.29, 1.82) is 0 Å². The van der Waals surface area contributed by atoms with E-state index in [0.717, 1.165) is 12.3 Å². The van der Waals surface area contributed by atoms with Gasteiger partial charge in [0.1, 0.15) is 10.7 Å². The second-order valence-corrected chi connectivity index (χ2v) is 5.12. The third-order valence-corrected chi connectivity index (χ3v) is 3.07. The zero-order valence-corrected chi connectivity index (χ0v) is 9.86. The molecule has 2 rings (SSSR count). The Morgan fingerprint density at radius 2 is 1.83 bits per heavy atom. The van der Waals surface area contributed by atoms with Crippen molar-refractivity contribution in [2.75, 3.05) is 5.73 Å². The summed E-state index contributed by atoms with van der Waals surface area (Å²) in [6, 6.07) is 3.82. The minimum Gasteiger partial charge on any atom is -0.384 e. The molecule has 0 aliphatic carbocycles. The van der Waals surface area contributed by atoms with Crippen molar-refractivity contribution in [3.63, 3.8) is 0 Å². The van der Waals surface area contributed by atoms with E-state index in [2.05, 4.69) is 9.97 Å². The summed E-state index contributed by atoms with van der Waals surface area (Å²) < 4.78 is 35.4. The maximum absolute atomic E-state index is 13.1. The molecule has 0 bridgehead atoms. The van der Waals surface area contributed by atoms with Crippen LogP contribution in [0.2, 0.25) is 0 Å². The SMILES string of the molecule is Nc1cc(-c2cncc(S(N)(=O)=O)c2)cc(F)n1. The molecule has 2 aromatic rings. The number of rotatable bonds is 2. The third-order valence-electron chi connectivity index (χ3n) is 2.19. The standard InChI is InChI=1S/C10H9FN4O2S/c11-9-2-6(3-10(12)15-9)7-1-8(5-14-4-7)18(13,16)17/h1-5H,(H2,12,15)(H2,13,16,17). The minimum absolute atomic E-state index is 0.00833. The van der Waals surface area contributed by atoms with Crippen LogP contribution in [0.1, 0.15) is 0 Å². The second kappa shape index (κ2) is 4.31. The lowest BCUT2D eigenvalue weighted by molar-refractivity contribution is 0.586. The molecule has 0 unspecified atom stereocenters. The molecule has 18 heavy (non-hydrogen) atoms. The fourth-order valence-electron chi connectivity index (χ4n) is 1.42. The summed E-state index contributed by atoms with van der Waals surface area (Å²) in [5.74, 6) is -0.767. The van der Waals surface area contributed by atoms with Gasteiger partial charge < -0.3 is 5.73 Å². The molecular weight excluding hydrogens is 259 g/mol. The van der Waals surface area contributed by atoms with Gasteiger partial charge in [0.2, 0.25) is 16.0 Å². The van der Waals surface area contributed by atoms with Crippen LogP contribution in [-0.2, 0) is 10.0 Å². The molecule has 0 fully saturated rings. The molecular formula is C10H9FN4O2S. The summed E-state index contributed by atoms with van der Waals surface area (Å²) in [5.41, 5.74) is 6.16. The van der Waals surface area contributed by atoms with Crippen LogP contribution in [0.3, 0.4) is 0 Å². The first-order valence-corrected chi connectivity index (χ1v) is 6.32. The largest absolute Gasteiger partial charge is 0.384 e. The zero-order valence-electron chi connectivity index (χ0n) is 9.04. The van der Waals surface area contributed by atoms with E-state index in [1.165, 1.54) is 18.3 Å². The van der Waals surface area contributed by atoms with Gasteiger partial charge in [-0.25, -0.2) is 18.5 Å². The lowest BCUT2D eigenvalue weighted by atomic mass is 10.1. The van der Waals surface area contributed by atoms with Gasteiger partial charge in [-0.3, -0.25) is 4.98 Å². The molecule has 94 valence electrons. The van der Waals surface area contributed by atoms with Crippen LogP contribution >= 0.6 is 0 Å². The summed E-state index contributed by atoms with van der Waals surface area (Å²) in [6.45, 7) is 0. The molecule has 8 heteroatoms. The van der Waals surface area contributed by atoms with Gasteiger partial charge in [0.25, 0.3) is 0 Å². The van der Waals surface area contributed by atoms with Gasteiger partial charge in [0.05, 0.1) is 0 Å². The highest BCUT2D eigenvalue weighted by Crippen LogP contribution is 2.22. The number of nitrogen functional groups attached to an aromatic ring is 1. The van der Waals surface area contributed by atoms with E-state index >= 15 is 0 Å². The van der Waals surface area contributed by atoms with Crippen LogP contribution in [0.15, 0.2) is 35.5 Å². The molecule has 0 aliphatic heterocycles. The van der Waals surface area contributed by atoms with Gasteiger partial charge in [0, 0.05) is 24.0 Å². The van der Waals surface area contributed by atoms with Crippen molar-refractivity contribution in [3.8, 4) is 11.1 Å². The molecule has 0 spiro atoms. The van der Waals surface area contributed by atoms with Crippen molar-refractivity contribution >= 4 is 15.8 Å². The molecule has 0 saturated carbocycles. The van der Waals surface area contributed by atoms with E-state index in [1.807, 2.05) is 0 Å². The molecule has 0 radical (unpaired) electrons. The van der Waals surface area contributed by atoms with Gasteiger partial charge in [-0.15, -0.1) is 0 Å². The van der Waals surface area contributed by atoms with Gasteiger partial charge in [-0.1, -0.05) is 0 Å². The number of aromatic nitrogens is 2. The van der Waals surface area contributed by atoms with Crippen LogP contribution in [-0.4, -0.2) is 18.4 Å². The van der Waals surface area contributed by atoms with Gasteiger partial charge in [0.15, 0.2) is 0 Å². The van der Waals surface area contributed by atoms with Crippen LogP contribution < -0.4 is 10.9 Å². The average Bonchev–Trinajstić information content (AvgIpc) is 2.27. The van der Waals surface area contributed by atoms with Crippen molar-refractivity contribution < 1.29 is 12.8 Å². The smallest absolute Gasteiger partial charge is 0.239 e. The van der Waals surface area contributed by atoms with Crippen molar-refractivity contribution in [2.24, 2.45) is 5.14 Å². The lowest BCUT2D eigenvalue weighted by Crippen LogP contribution is -2.12. The van der Waals surface area contributed by atoms with Crippen molar-refractivity contribution in [1.82, 2.24) is 9.97 Å². The van der Waals surface area contributed by atoms with Crippen LogP contribution in [0.25, 0.3) is 11.1 Å². The molecule has 0 aromatic carbocycles. The topological polar surface area (TPSA) is 112 Å². The summed E-state index contributed by atoms with van der Waals surface area (Å²) in [7, 11) is -3.86. The predicted octanol–water partition coefficient (Wildman–Crippen LogP) is 0.512. The number of nitrogens with two attached hydrogens (primary N) is 2. The molecule has 6 nitrogen and oxygen atoms in total. The Morgan fingerprint density at radius 1 is 1.11 bits per heavy atom. The molecule has 0 amide bonds. The summed E-state index contributed by atoms with van der Waals surface area (Å²) in [6.07, 6.45) is 2.49. The Morgan fingerprint density at radius 3 is 2.44 bits per heavy atom. The van der Waals surface area contributed by atoms with Crippen LogP contribution in [0.4, 0.5) is 10.2 Å². The molecule has 4 N–H and O–H groups in total. The first-order valence-electron chi connectivity index (χ1n) is 4.77. The lowest BCUT2D eigenvalue weighted by Gasteiger charge is -2.04. The van der Waals surface area contributed by atoms with E-state index < -0.39 is 16.0 Å². The van der Waals surface area contributed by atoms with E-state index in [0.29, 0.717) is 11.1 Å². The van der Waals surface area contributed by atoms with Gasteiger partial charge in [-0.05, 0) is 17.7 Å². The summed E-state index contributed by atoms with van der Waals surface area (Å²) >= 11 is 0. The Kier molecular flexibility index (Phi) is 2.97. The van der Waals surface area contributed by atoms with E-state index in [4.69, 9.17) is 10.9 Å². The van der Waals surface area contributed by atoms with E-state index in [1.54, 1.807) is 0 Å². The summed E-state index contributed by atoms with van der Waals surface area (Å²) in [5, 5.41) is 4.98. The number of halogens is 1. The Balaban J connectivity index is 2.58. The summed E-state index contributed by atoms with van der Waals surface area (Å²) in [4.78, 5) is 6.97. The number of pyridine rings is 2. The van der Waals surface area contributed by atoms with E-state index in [9.17, 15) is 12.8 Å². The Hall–Kier alpha value is -2.06. The highest BCUT2D eigenvalue weighted by Gasteiger charge is 2.10. The molecule has 2 heterocycles. The number of nitrogens with zero attached hydrogens (tertiary/aromatic N) is 2. The first-order chi connectivity index (χ1) is 8.36. The van der Waals surface area contributed by atoms with Crippen LogP contribution in [0.5, 0.6) is 0 Å². The number of hydrogen-bond acceptors (Lipinski definition) is 5. The third kappa shape index (κ3) is 2.60. The average molecular weight is 268 g/mol. The normalized spacial score (nSPS) is 11.4. The van der Waals surface area contributed by atoms with Gasteiger partial charge in [-0.2, -0.15) is 4.39 Å². The fraction of sp³-hybridized carbons (Fsp3) is 0. The predicted molar refractivity (Wildman–Crippen MR) is 63.2 cm³/mol. The Bertz CT molecular complexity index is 683. The molecule has 0 saturated heterocycles. The molecule has 0 aliphatic rings. The van der Waals surface area contributed by atoms with Crippen molar-refractivity contribution in [2.45, 2.75) is 4.90 Å². The van der Waals surface area contributed by atoms with Crippen molar-refractivity contribution in [3.05, 3.63) is 36.5 Å². The molecule has 0 atom stereocenters. The Labute approximate surface area is 103 Å². The first kappa shape index (κ1) is 12.4. The monoisotopic (exact) mass is 268 g/mol.